The predicted molar refractivity (Wildman–Crippen MR) is 91.0 cm³/mol. The molecule has 0 unspecified atom stereocenters. The lowest BCUT2D eigenvalue weighted by Crippen LogP contribution is -2.51. The summed E-state index contributed by atoms with van der Waals surface area (Å²) in [6, 6.07) is 4.78. The normalized spacial score (nSPS) is 20.5. The second-order valence-electron chi connectivity index (χ2n) is 7.07. The molecule has 0 aromatic carbocycles. The first-order valence-electron chi connectivity index (χ1n) is 9.39. The van der Waals surface area contributed by atoms with Gasteiger partial charge < -0.3 is 14.6 Å². The number of nitrogens with zero attached hydrogens (tertiary/aromatic N) is 1. The molecule has 23 heavy (non-hydrogen) atoms. The van der Waals surface area contributed by atoms with Crippen LogP contribution in [-0.2, 0) is 11.3 Å². The van der Waals surface area contributed by atoms with Gasteiger partial charge in [0.15, 0.2) is 0 Å². The predicted octanol–water partition coefficient (Wildman–Crippen LogP) is 3.86. The van der Waals surface area contributed by atoms with Crippen molar-refractivity contribution in [3.63, 3.8) is 0 Å². The highest BCUT2D eigenvalue weighted by molar-refractivity contribution is 5.79. The van der Waals surface area contributed by atoms with E-state index < -0.39 is 0 Å². The van der Waals surface area contributed by atoms with Gasteiger partial charge in [-0.25, -0.2) is 0 Å². The van der Waals surface area contributed by atoms with Crippen molar-refractivity contribution in [1.82, 2.24) is 10.2 Å². The first kappa shape index (κ1) is 16.6. The van der Waals surface area contributed by atoms with Crippen molar-refractivity contribution in [2.75, 3.05) is 6.54 Å². The van der Waals surface area contributed by atoms with Gasteiger partial charge in [0.2, 0.25) is 5.91 Å². The Morgan fingerprint density at radius 3 is 2.17 bits per heavy atom. The highest BCUT2D eigenvalue weighted by atomic mass is 16.3. The van der Waals surface area contributed by atoms with E-state index in [9.17, 15) is 4.79 Å². The molecule has 128 valence electrons. The van der Waals surface area contributed by atoms with Gasteiger partial charge in [-0.1, -0.05) is 38.5 Å². The standard InChI is InChI=1S/C19H30N2O2/c22-19(15-20-14-18-12-7-13-23-18)21(16-8-3-1-4-9-16)17-10-5-2-6-11-17/h7,12-13,16-17,20H,1-6,8-11,14-15H2. The number of nitrogens with one attached hydrogen (secondary N) is 1. The van der Waals surface area contributed by atoms with Gasteiger partial charge in [-0.15, -0.1) is 0 Å². The molecule has 2 fully saturated rings. The van der Waals surface area contributed by atoms with Crippen LogP contribution in [0.25, 0.3) is 0 Å². The molecule has 0 atom stereocenters. The number of hydrogen-bond donors (Lipinski definition) is 1. The Bertz CT molecular complexity index is 442. The van der Waals surface area contributed by atoms with Crippen molar-refractivity contribution in [3.05, 3.63) is 24.2 Å². The Labute approximate surface area is 139 Å². The Balaban J connectivity index is 1.57. The van der Waals surface area contributed by atoms with E-state index >= 15 is 0 Å². The number of amides is 1. The van der Waals surface area contributed by atoms with Crippen LogP contribution in [-0.4, -0.2) is 29.4 Å². The topological polar surface area (TPSA) is 45.5 Å². The lowest BCUT2D eigenvalue weighted by Gasteiger charge is -2.42. The zero-order valence-electron chi connectivity index (χ0n) is 14.1. The fourth-order valence-electron chi connectivity index (χ4n) is 4.22. The fourth-order valence-corrected chi connectivity index (χ4v) is 4.22. The van der Waals surface area contributed by atoms with E-state index in [1.807, 2.05) is 12.1 Å². The molecule has 0 spiro atoms. The third-order valence-corrected chi connectivity index (χ3v) is 5.38. The molecule has 4 heteroatoms. The van der Waals surface area contributed by atoms with Gasteiger partial charge in [0, 0.05) is 12.1 Å². The third-order valence-electron chi connectivity index (χ3n) is 5.38. The lowest BCUT2D eigenvalue weighted by molar-refractivity contribution is -0.137. The molecule has 1 heterocycles. The molecule has 1 amide bonds. The summed E-state index contributed by atoms with van der Waals surface area (Å²) < 4.78 is 5.32. The smallest absolute Gasteiger partial charge is 0.237 e. The molecule has 0 bridgehead atoms. The van der Waals surface area contributed by atoms with E-state index in [1.54, 1.807) is 6.26 Å². The van der Waals surface area contributed by atoms with Crippen molar-refractivity contribution in [2.45, 2.75) is 82.8 Å². The minimum atomic E-state index is 0.287. The first-order chi connectivity index (χ1) is 11.3. The lowest BCUT2D eigenvalue weighted by atomic mass is 9.88. The average Bonchev–Trinajstić information content (AvgIpc) is 3.10. The van der Waals surface area contributed by atoms with Crippen molar-refractivity contribution in [1.29, 1.82) is 0 Å². The van der Waals surface area contributed by atoms with E-state index in [0.717, 1.165) is 5.76 Å². The van der Waals surface area contributed by atoms with Crippen LogP contribution in [0.1, 0.15) is 70.0 Å². The zero-order valence-corrected chi connectivity index (χ0v) is 14.1. The maximum atomic E-state index is 12.9. The van der Waals surface area contributed by atoms with Crippen LogP contribution in [0.15, 0.2) is 22.8 Å². The van der Waals surface area contributed by atoms with Gasteiger partial charge in [0.05, 0.1) is 19.4 Å². The van der Waals surface area contributed by atoms with Gasteiger partial charge in [-0.3, -0.25) is 4.79 Å². The van der Waals surface area contributed by atoms with Gasteiger partial charge in [0.1, 0.15) is 5.76 Å². The summed E-state index contributed by atoms with van der Waals surface area (Å²) >= 11 is 0. The molecule has 1 N–H and O–H groups in total. The molecule has 1 aromatic rings. The summed E-state index contributed by atoms with van der Waals surface area (Å²) in [4.78, 5) is 15.2. The fraction of sp³-hybridized carbons (Fsp3) is 0.737. The molecule has 4 nitrogen and oxygen atoms in total. The summed E-state index contributed by atoms with van der Waals surface area (Å²) in [5.74, 6) is 1.18. The summed E-state index contributed by atoms with van der Waals surface area (Å²) in [5, 5.41) is 3.26. The summed E-state index contributed by atoms with van der Waals surface area (Å²) in [6.07, 6.45) is 14.2. The van der Waals surface area contributed by atoms with E-state index in [0.29, 0.717) is 25.2 Å². The summed E-state index contributed by atoms with van der Waals surface area (Å²) in [5.41, 5.74) is 0. The molecule has 0 radical (unpaired) electrons. The van der Waals surface area contributed by atoms with Crippen molar-refractivity contribution in [3.8, 4) is 0 Å². The second kappa shape index (κ2) is 8.53. The Morgan fingerprint density at radius 1 is 1.04 bits per heavy atom. The van der Waals surface area contributed by atoms with Crippen molar-refractivity contribution in [2.24, 2.45) is 0 Å². The molecular formula is C19H30N2O2. The molecule has 3 rings (SSSR count). The molecule has 0 saturated heterocycles. The summed E-state index contributed by atoms with van der Waals surface area (Å²) in [7, 11) is 0. The monoisotopic (exact) mass is 318 g/mol. The van der Waals surface area contributed by atoms with Crippen LogP contribution in [0.5, 0.6) is 0 Å². The number of hydrogen-bond acceptors (Lipinski definition) is 3. The Kier molecular flexibility index (Phi) is 6.14. The molecule has 2 saturated carbocycles. The quantitative estimate of drug-likeness (QED) is 0.866. The van der Waals surface area contributed by atoms with E-state index in [4.69, 9.17) is 4.42 Å². The highest BCUT2D eigenvalue weighted by Gasteiger charge is 2.31. The summed E-state index contributed by atoms with van der Waals surface area (Å²) in [6.45, 7) is 1.05. The molecule has 1 aromatic heterocycles. The van der Waals surface area contributed by atoms with Crippen molar-refractivity contribution >= 4 is 5.91 Å². The third kappa shape index (κ3) is 4.60. The second-order valence-corrected chi connectivity index (χ2v) is 7.07. The van der Waals surface area contributed by atoms with Crippen molar-refractivity contribution < 1.29 is 9.21 Å². The van der Waals surface area contributed by atoms with Crippen LogP contribution in [0.4, 0.5) is 0 Å². The minimum absolute atomic E-state index is 0.287. The molecule has 2 aliphatic rings. The molecular weight excluding hydrogens is 288 g/mol. The van der Waals surface area contributed by atoms with Gasteiger partial charge in [-0.05, 0) is 37.8 Å². The Morgan fingerprint density at radius 2 is 1.65 bits per heavy atom. The first-order valence-corrected chi connectivity index (χ1v) is 9.39. The van der Waals surface area contributed by atoms with E-state index in [-0.39, 0.29) is 5.91 Å². The van der Waals surface area contributed by atoms with Gasteiger partial charge in [0.25, 0.3) is 0 Å². The van der Waals surface area contributed by atoms with Crippen LogP contribution < -0.4 is 5.32 Å². The average molecular weight is 318 g/mol. The molecule has 0 aliphatic heterocycles. The van der Waals surface area contributed by atoms with Crippen LogP contribution in [0.3, 0.4) is 0 Å². The minimum Gasteiger partial charge on any atom is -0.468 e. The van der Waals surface area contributed by atoms with Gasteiger partial charge >= 0.3 is 0 Å². The highest BCUT2D eigenvalue weighted by Crippen LogP contribution is 2.30. The largest absolute Gasteiger partial charge is 0.468 e. The number of rotatable bonds is 6. The number of carbonyl (C=O) groups is 1. The number of carbonyl (C=O) groups excluding carboxylic acids is 1. The van der Waals surface area contributed by atoms with E-state index in [1.165, 1.54) is 64.2 Å². The van der Waals surface area contributed by atoms with Crippen LogP contribution in [0.2, 0.25) is 0 Å². The maximum Gasteiger partial charge on any atom is 0.237 e. The molecule has 2 aliphatic carbocycles. The SMILES string of the molecule is O=C(CNCc1ccco1)N(C1CCCCC1)C1CCCCC1. The van der Waals surface area contributed by atoms with Crippen LogP contribution in [0, 0.1) is 0 Å². The van der Waals surface area contributed by atoms with Gasteiger partial charge in [-0.2, -0.15) is 0 Å². The van der Waals surface area contributed by atoms with E-state index in [2.05, 4.69) is 10.2 Å². The maximum absolute atomic E-state index is 12.9. The van der Waals surface area contributed by atoms with Crippen LogP contribution >= 0.6 is 0 Å². The zero-order chi connectivity index (χ0) is 15.9. The number of furan rings is 1. The Hall–Kier alpha value is -1.29.